The van der Waals surface area contributed by atoms with Gasteiger partial charge in [0.05, 0.1) is 9.21 Å². The number of rotatable bonds is 3. The average molecular weight is 260 g/mol. The Kier molecular flexibility index (Phi) is 7.95. The van der Waals surface area contributed by atoms with E-state index in [0.29, 0.717) is 15.8 Å². The molecular formula is C12H18ClNOS. The molecule has 0 aliphatic rings. The Labute approximate surface area is 106 Å². The van der Waals surface area contributed by atoms with Crippen molar-refractivity contribution in [2.45, 2.75) is 27.2 Å². The summed E-state index contributed by atoms with van der Waals surface area (Å²) in [4.78, 5) is 12.0. The van der Waals surface area contributed by atoms with Crippen LogP contribution in [0.25, 0.3) is 0 Å². The average Bonchev–Trinajstić information content (AvgIpc) is 2.62. The Morgan fingerprint density at radius 2 is 2.06 bits per heavy atom. The Morgan fingerprint density at radius 3 is 2.44 bits per heavy atom. The van der Waals surface area contributed by atoms with Gasteiger partial charge in [-0.25, -0.2) is 0 Å². The Morgan fingerprint density at radius 1 is 1.50 bits per heavy atom. The van der Waals surface area contributed by atoms with Crippen LogP contribution in [0.5, 0.6) is 0 Å². The highest BCUT2D eigenvalue weighted by Gasteiger charge is 2.06. The largest absolute Gasteiger partial charge is 0.348 e. The number of carbonyl (C=O) groups excluding carboxylic acids is 1. The van der Waals surface area contributed by atoms with Gasteiger partial charge in [-0.05, 0) is 19.1 Å². The lowest BCUT2D eigenvalue weighted by Crippen LogP contribution is -2.23. The summed E-state index contributed by atoms with van der Waals surface area (Å²) in [5.74, 6) is -0.0973. The number of hydrogen-bond acceptors (Lipinski definition) is 2. The van der Waals surface area contributed by atoms with Crippen LogP contribution >= 0.6 is 22.9 Å². The van der Waals surface area contributed by atoms with Crippen molar-refractivity contribution in [1.82, 2.24) is 5.32 Å². The van der Waals surface area contributed by atoms with Crippen molar-refractivity contribution in [3.8, 4) is 0 Å². The van der Waals surface area contributed by atoms with Gasteiger partial charge in [0.25, 0.3) is 5.91 Å². The van der Waals surface area contributed by atoms with Gasteiger partial charge in [-0.15, -0.1) is 11.3 Å². The van der Waals surface area contributed by atoms with Crippen molar-refractivity contribution in [3.05, 3.63) is 33.5 Å². The zero-order valence-electron chi connectivity index (χ0n) is 9.97. The van der Waals surface area contributed by atoms with Gasteiger partial charge in [0.15, 0.2) is 0 Å². The van der Waals surface area contributed by atoms with E-state index in [1.807, 2.05) is 6.92 Å². The monoisotopic (exact) mass is 259 g/mol. The summed E-state index contributed by atoms with van der Waals surface area (Å²) in [6, 6.07) is 3.42. The molecule has 0 aromatic carbocycles. The first-order valence-electron chi connectivity index (χ1n) is 5.19. The first kappa shape index (κ1) is 15.2. The molecule has 0 spiro atoms. The van der Waals surface area contributed by atoms with Crippen molar-refractivity contribution < 1.29 is 4.79 Å². The van der Waals surface area contributed by atoms with E-state index in [0.717, 1.165) is 5.57 Å². The molecule has 0 saturated heterocycles. The molecule has 2 nitrogen and oxygen atoms in total. The molecule has 0 unspecified atom stereocenters. The fraction of sp³-hybridized carbons (Fsp3) is 0.417. The lowest BCUT2D eigenvalue weighted by molar-refractivity contribution is 0.0961. The van der Waals surface area contributed by atoms with Crippen LogP contribution in [0.2, 0.25) is 4.34 Å². The highest BCUT2D eigenvalue weighted by Crippen LogP contribution is 2.20. The highest BCUT2D eigenvalue weighted by atomic mass is 35.5. The predicted molar refractivity (Wildman–Crippen MR) is 72.4 cm³/mol. The normalized spacial score (nSPS) is 9.00. The van der Waals surface area contributed by atoms with E-state index in [-0.39, 0.29) is 5.91 Å². The van der Waals surface area contributed by atoms with E-state index in [1.54, 1.807) is 12.1 Å². The van der Waals surface area contributed by atoms with Crippen molar-refractivity contribution in [2.24, 2.45) is 0 Å². The summed E-state index contributed by atoms with van der Waals surface area (Å²) in [7, 11) is 0. The topological polar surface area (TPSA) is 29.1 Å². The molecule has 4 heteroatoms. The molecule has 1 rings (SSSR count). The second-order valence-corrected chi connectivity index (χ2v) is 5.17. The van der Waals surface area contributed by atoms with Crippen LogP contribution in [0, 0.1) is 0 Å². The van der Waals surface area contributed by atoms with Crippen molar-refractivity contribution >= 4 is 28.8 Å². The summed E-state index contributed by atoms with van der Waals surface area (Å²) < 4.78 is 0.625. The van der Waals surface area contributed by atoms with Crippen LogP contribution in [0.15, 0.2) is 24.3 Å². The van der Waals surface area contributed by atoms with E-state index in [2.05, 4.69) is 25.7 Å². The standard InChI is InChI=1S/C9H10ClNOS.C3H8/c1-6(2)5-11-9(12)7-3-4-8(10)13-7;1-3-2/h3-4H,1,5H2,2H3,(H,11,12);3H2,1-2H3. The number of carbonyl (C=O) groups is 1. The predicted octanol–water partition coefficient (Wildman–Crippen LogP) is 4.12. The third-order valence-electron chi connectivity index (χ3n) is 1.35. The fourth-order valence-corrected chi connectivity index (χ4v) is 1.71. The van der Waals surface area contributed by atoms with Crippen LogP contribution in [0.4, 0.5) is 0 Å². The van der Waals surface area contributed by atoms with Crippen LogP contribution in [-0.2, 0) is 0 Å². The van der Waals surface area contributed by atoms with Crippen LogP contribution < -0.4 is 5.32 Å². The minimum Gasteiger partial charge on any atom is -0.348 e. The first-order chi connectivity index (χ1) is 7.51. The second-order valence-electron chi connectivity index (χ2n) is 3.45. The Bertz CT molecular complexity index is 347. The molecule has 1 heterocycles. The number of hydrogen-bond donors (Lipinski definition) is 1. The second kappa shape index (κ2) is 8.36. The maximum Gasteiger partial charge on any atom is 0.261 e. The first-order valence-corrected chi connectivity index (χ1v) is 6.38. The molecule has 1 aromatic heterocycles. The van der Waals surface area contributed by atoms with Gasteiger partial charge in [-0.1, -0.05) is 44.0 Å². The Hall–Kier alpha value is -0.800. The van der Waals surface area contributed by atoms with E-state index < -0.39 is 0 Å². The molecule has 90 valence electrons. The molecule has 0 fully saturated rings. The summed E-state index contributed by atoms with van der Waals surface area (Å²) in [6.07, 6.45) is 1.25. The van der Waals surface area contributed by atoms with Crippen molar-refractivity contribution in [3.63, 3.8) is 0 Å². The van der Waals surface area contributed by atoms with Crippen LogP contribution in [0.1, 0.15) is 36.9 Å². The SMILES string of the molecule is C=C(C)CNC(=O)c1ccc(Cl)s1.CCC. The van der Waals surface area contributed by atoms with Gasteiger partial charge in [0, 0.05) is 6.54 Å². The molecule has 1 aromatic rings. The van der Waals surface area contributed by atoms with E-state index in [1.165, 1.54) is 17.8 Å². The molecule has 0 radical (unpaired) electrons. The fourth-order valence-electron chi connectivity index (χ4n) is 0.755. The molecule has 0 bridgehead atoms. The molecular weight excluding hydrogens is 242 g/mol. The van der Waals surface area contributed by atoms with Gasteiger partial charge in [-0.2, -0.15) is 0 Å². The van der Waals surface area contributed by atoms with E-state index >= 15 is 0 Å². The lowest BCUT2D eigenvalue weighted by atomic mass is 10.3. The lowest BCUT2D eigenvalue weighted by Gasteiger charge is -2.01. The third kappa shape index (κ3) is 6.64. The molecule has 0 saturated carbocycles. The maximum absolute atomic E-state index is 11.4. The highest BCUT2D eigenvalue weighted by molar-refractivity contribution is 7.17. The number of nitrogens with one attached hydrogen (secondary N) is 1. The molecule has 1 amide bonds. The van der Waals surface area contributed by atoms with Crippen LogP contribution in [0.3, 0.4) is 0 Å². The van der Waals surface area contributed by atoms with Gasteiger partial charge in [0.1, 0.15) is 0 Å². The van der Waals surface area contributed by atoms with Gasteiger partial charge < -0.3 is 5.32 Å². The number of halogens is 1. The minimum absolute atomic E-state index is 0.0973. The van der Waals surface area contributed by atoms with Gasteiger partial charge in [-0.3, -0.25) is 4.79 Å². The Balaban J connectivity index is 0.000000673. The van der Waals surface area contributed by atoms with Gasteiger partial charge in [0.2, 0.25) is 0 Å². The minimum atomic E-state index is -0.0973. The van der Waals surface area contributed by atoms with E-state index in [9.17, 15) is 4.79 Å². The van der Waals surface area contributed by atoms with Crippen molar-refractivity contribution in [1.29, 1.82) is 0 Å². The van der Waals surface area contributed by atoms with Crippen molar-refractivity contribution in [2.75, 3.05) is 6.54 Å². The van der Waals surface area contributed by atoms with E-state index in [4.69, 9.17) is 11.6 Å². The number of thiophene rings is 1. The summed E-state index contributed by atoms with van der Waals surface area (Å²) in [6.45, 7) is 10.3. The van der Waals surface area contributed by atoms with Gasteiger partial charge >= 0.3 is 0 Å². The zero-order valence-corrected chi connectivity index (χ0v) is 11.5. The summed E-state index contributed by atoms with van der Waals surface area (Å²) in [5, 5.41) is 2.73. The molecule has 16 heavy (non-hydrogen) atoms. The molecule has 0 atom stereocenters. The molecule has 0 aliphatic heterocycles. The quantitative estimate of drug-likeness (QED) is 0.813. The third-order valence-corrected chi connectivity index (χ3v) is 2.58. The summed E-state index contributed by atoms with van der Waals surface area (Å²) >= 11 is 6.96. The maximum atomic E-state index is 11.4. The zero-order chi connectivity index (χ0) is 12.6. The summed E-state index contributed by atoms with van der Waals surface area (Å²) in [5.41, 5.74) is 0.927. The number of amides is 1. The van der Waals surface area contributed by atoms with Crippen LogP contribution in [-0.4, -0.2) is 12.5 Å². The molecule has 0 aliphatic carbocycles. The smallest absolute Gasteiger partial charge is 0.261 e. The molecule has 1 N–H and O–H groups in total.